The minimum absolute atomic E-state index is 0.0251. The molecule has 1 fully saturated rings. The van der Waals surface area contributed by atoms with Gasteiger partial charge in [-0.1, -0.05) is 0 Å². The lowest BCUT2D eigenvalue weighted by atomic mass is 9.84. The van der Waals surface area contributed by atoms with Gasteiger partial charge in [0.05, 0.1) is 15.4 Å². The Morgan fingerprint density at radius 1 is 1.27 bits per heavy atom. The number of carbonyl (C=O) groups excluding carboxylic acids is 1. The fourth-order valence-corrected chi connectivity index (χ4v) is 4.19. The Balaban J connectivity index is 1.66. The van der Waals surface area contributed by atoms with E-state index in [1.807, 2.05) is 0 Å². The number of piperidine rings is 1. The molecule has 1 spiro atoms. The van der Waals surface area contributed by atoms with Crippen molar-refractivity contribution in [1.82, 2.24) is 20.6 Å². The minimum Gasteiger partial charge on any atom is -0.384 e. The van der Waals surface area contributed by atoms with Crippen LogP contribution in [0.1, 0.15) is 28.1 Å². The number of anilines is 3. The summed E-state index contributed by atoms with van der Waals surface area (Å²) in [5.74, 6) is 1.07. The number of aromatic nitrogens is 2. The number of nitrogens with zero attached hydrogens (tertiary/aromatic N) is 2. The third kappa shape index (κ3) is 2.11. The molecule has 0 saturated carbocycles. The number of nitrogen functional groups attached to an aromatic ring is 1. The number of nitrogens with one attached hydrogen (secondary N) is 3. The zero-order valence-electron chi connectivity index (χ0n) is 11.8. The Kier molecular flexibility index (Phi) is 3.02. The van der Waals surface area contributed by atoms with Crippen LogP contribution in [0.3, 0.4) is 0 Å². The van der Waals surface area contributed by atoms with Crippen LogP contribution in [0.15, 0.2) is 18.5 Å². The van der Waals surface area contributed by atoms with Gasteiger partial charge in [-0.05, 0) is 32.0 Å². The second kappa shape index (κ2) is 4.92. The topological polar surface area (TPSA) is 105 Å². The molecule has 2 aliphatic rings. The molecule has 0 atom stereocenters. The van der Waals surface area contributed by atoms with Crippen molar-refractivity contribution in [3.8, 4) is 0 Å². The Labute approximate surface area is 131 Å². The summed E-state index contributed by atoms with van der Waals surface area (Å²) in [5, 5.41) is 10.6. The largest absolute Gasteiger partial charge is 0.384 e. The highest BCUT2D eigenvalue weighted by molar-refractivity contribution is 7.18. The monoisotopic (exact) mass is 316 g/mol. The normalized spacial score (nSPS) is 19.0. The number of thiophene rings is 1. The van der Waals surface area contributed by atoms with E-state index in [2.05, 4.69) is 32.0 Å². The van der Waals surface area contributed by atoms with Crippen LogP contribution in [0.2, 0.25) is 0 Å². The molecule has 2 aliphatic heterocycles. The van der Waals surface area contributed by atoms with Crippen LogP contribution in [0.25, 0.3) is 0 Å². The van der Waals surface area contributed by atoms with Gasteiger partial charge in [0.1, 0.15) is 18.0 Å². The van der Waals surface area contributed by atoms with Crippen molar-refractivity contribution >= 4 is 33.9 Å². The molecule has 0 unspecified atom stereocenters. The first kappa shape index (κ1) is 13.5. The van der Waals surface area contributed by atoms with E-state index in [1.165, 1.54) is 17.7 Å². The standard InChI is InChI=1S/C14H16N6OS/c15-9-6-10(18-7-17-9)19-11-5-8-12(22-11)13(21)20-14(8)1-3-16-4-2-14/h5-7,16H,1-4H2,(H,20,21)(H3,15,17,18,19). The highest BCUT2D eigenvalue weighted by Crippen LogP contribution is 2.44. The van der Waals surface area contributed by atoms with Crippen LogP contribution in [0.4, 0.5) is 16.6 Å². The van der Waals surface area contributed by atoms with Gasteiger partial charge < -0.3 is 21.7 Å². The van der Waals surface area contributed by atoms with Crippen molar-refractivity contribution in [2.45, 2.75) is 18.4 Å². The highest BCUT2D eigenvalue weighted by Gasteiger charge is 2.45. The minimum atomic E-state index is -0.210. The summed E-state index contributed by atoms with van der Waals surface area (Å²) in [4.78, 5) is 21.1. The quantitative estimate of drug-likeness (QED) is 0.663. The van der Waals surface area contributed by atoms with E-state index in [1.54, 1.807) is 6.07 Å². The maximum atomic E-state index is 12.3. The van der Waals surface area contributed by atoms with E-state index in [0.29, 0.717) is 11.6 Å². The third-order valence-corrected chi connectivity index (χ3v) is 5.25. The van der Waals surface area contributed by atoms with E-state index in [-0.39, 0.29) is 11.4 Å². The summed E-state index contributed by atoms with van der Waals surface area (Å²) in [5.41, 5.74) is 6.56. The molecule has 22 heavy (non-hydrogen) atoms. The summed E-state index contributed by atoms with van der Waals surface area (Å²) in [7, 11) is 0. The van der Waals surface area contributed by atoms with E-state index in [9.17, 15) is 4.79 Å². The van der Waals surface area contributed by atoms with Gasteiger partial charge in [0.15, 0.2) is 0 Å². The number of rotatable bonds is 2. The lowest BCUT2D eigenvalue weighted by molar-refractivity contribution is 0.0916. The molecule has 8 heteroatoms. The van der Waals surface area contributed by atoms with Gasteiger partial charge in [-0.2, -0.15) is 0 Å². The molecule has 1 saturated heterocycles. The Morgan fingerprint density at radius 3 is 2.86 bits per heavy atom. The van der Waals surface area contributed by atoms with E-state index in [4.69, 9.17) is 5.73 Å². The van der Waals surface area contributed by atoms with Gasteiger partial charge in [0, 0.05) is 11.6 Å². The molecule has 4 heterocycles. The average molecular weight is 316 g/mol. The molecule has 5 N–H and O–H groups in total. The van der Waals surface area contributed by atoms with Crippen molar-refractivity contribution < 1.29 is 4.79 Å². The zero-order chi connectivity index (χ0) is 15.2. The van der Waals surface area contributed by atoms with Gasteiger partial charge in [-0.3, -0.25) is 4.79 Å². The SMILES string of the molecule is Nc1cc(Nc2cc3c(s2)C(=O)NC32CCNCC2)ncn1. The fourth-order valence-electron chi connectivity index (χ4n) is 3.13. The summed E-state index contributed by atoms with van der Waals surface area (Å²) in [6, 6.07) is 3.73. The average Bonchev–Trinajstić information content (AvgIpc) is 3.01. The summed E-state index contributed by atoms with van der Waals surface area (Å²) in [6.45, 7) is 1.83. The maximum absolute atomic E-state index is 12.3. The Hall–Kier alpha value is -2.19. The third-order valence-electron chi connectivity index (χ3n) is 4.20. The van der Waals surface area contributed by atoms with Crippen LogP contribution >= 0.6 is 11.3 Å². The molecule has 2 aromatic rings. The van der Waals surface area contributed by atoms with Gasteiger partial charge in [0.2, 0.25) is 0 Å². The first-order chi connectivity index (χ1) is 10.7. The van der Waals surface area contributed by atoms with Crippen molar-refractivity contribution in [2.75, 3.05) is 24.1 Å². The van der Waals surface area contributed by atoms with Crippen LogP contribution in [-0.2, 0) is 5.54 Å². The van der Waals surface area contributed by atoms with Crippen molar-refractivity contribution in [2.24, 2.45) is 0 Å². The number of hydrogen-bond acceptors (Lipinski definition) is 7. The zero-order valence-corrected chi connectivity index (χ0v) is 12.7. The van der Waals surface area contributed by atoms with E-state index in [0.717, 1.165) is 41.4 Å². The molecule has 1 amide bonds. The van der Waals surface area contributed by atoms with Crippen molar-refractivity contribution in [3.05, 3.63) is 28.9 Å². The van der Waals surface area contributed by atoms with E-state index < -0.39 is 0 Å². The lowest BCUT2D eigenvalue weighted by Gasteiger charge is -2.34. The predicted molar refractivity (Wildman–Crippen MR) is 85.3 cm³/mol. The number of carbonyl (C=O) groups is 1. The molecule has 0 aromatic carbocycles. The van der Waals surface area contributed by atoms with Gasteiger partial charge >= 0.3 is 0 Å². The predicted octanol–water partition coefficient (Wildman–Crippen LogP) is 1.19. The van der Waals surface area contributed by atoms with Crippen LogP contribution < -0.4 is 21.7 Å². The molecule has 4 rings (SSSR count). The number of nitrogens with two attached hydrogens (primary N) is 1. The van der Waals surface area contributed by atoms with Gasteiger partial charge in [0.25, 0.3) is 5.91 Å². The molecule has 0 radical (unpaired) electrons. The Bertz CT molecular complexity index is 737. The smallest absolute Gasteiger partial charge is 0.262 e. The maximum Gasteiger partial charge on any atom is 0.262 e. The first-order valence-corrected chi connectivity index (χ1v) is 8.00. The van der Waals surface area contributed by atoms with E-state index >= 15 is 0 Å². The van der Waals surface area contributed by atoms with Crippen LogP contribution in [0, 0.1) is 0 Å². The molecule has 0 aliphatic carbocycles. The highest BCUT2D eigenvalue weighted by atomic mass is 32.1. The molecule has 114 valence electrons. The molecule has 7 nitrogen and oxygen atoms in total. The first-order valence-electron chi connectivity index (χ1n) is 7.18. The molecular weight excluding hydrogens is 300 g/mol. The summed E-state index contributed by atoms with van der Waals surface area (Å²) >= 11 is 1.45. The van der Waals surface area contributed by atoms with Gasteiger partial charge in [-0.25, -0.2) is 9.97 Å². The number of hydrogen-bond donors (Lipinski definition) is 4. The summed E-state index contributed by atoms with van der Waals surface area (Å²) < 4.78 is 0. The summed E-state index contributed by atoms with van der Waals surface area (Å²) in [6.07, 6.45) is 3.25. The molecule has 2 aromatic heterocycles. The van der Waals surface area contributed by atoms with Crippen LogP contribution in [0.5, 0.6) is 0 Å². The van der Waals surface area contributed by atoms with Crippen molar-refractivity contribution in [1.29, 1.82) is 0 Å². The van der Waals surface area contributed by atoms with Crippen LogP contribution in [-0.4, -0.2) is 29.0 Å². The number of amides is 1. The van der Waals surface area contributed by atoms with Crippen molar-refractivity contribution in [3.63, 3.8) is 0 Å². The molecule has 0 bridgehead atoms. The second-order valence-electron chi connectivity index (χ2n) is 5.59. The number of fused-ring (bicyclic) bond motifs is 2. The fraction of sp³-hybridized carbons (Fsp3) is 0.357. The van der Waals surface area contributed by atoms with Gasteiger partial charge in [-0.15, -0.1) is 11.3 Å². The Morgan fingerprint density at radius 2 is 2.09 bits per heavy atom. The molecular formula is C14H16N6OS. The second-order valence-corrected chi connectivity index (χ2v) is 6.64. The lowest BCUT2D eigenvalue weighted by Crippen LogP contribution is -2.47.